The molecule has 0 aliphatic carbocycles. The molecule has 0 saturated heterocycles. The van der Waals surface area contributed by atoms with Gasteiger partial charge in [-0.3, -0.25) is 4.79 Å². The number of nitriles is 1. The molecular formula is C8H14N2O3. The normalized spacial score (nSPS) is 9.69. The number of carbonyl (C=O) groups is 1. The molecule has 1 N–H and O–H groups in total. The molecule has 0 aliphatic heterocycles. The van der Waals surface area contributed by atoms with E-state index in [2.05, 4.69) is 5.32 Å². The van der Waals surface area contributed by atoms with Gasteiger partial charge in [0.25, 0.3) is 5.91 Å². The molecule has 0 spiro atoms. The summed E-state index contributed by atoms with van der Waals surface area (Å²) in [5.41, 5.74) is 0. The van der Waals surface area contributed by atoms with E-state index in [4.69, 9.17) is 14.7 Å². The second-order valence-corrected chi connectivity index (χ2v) is 2.12. The number of rotatable bonds is 6. The smallest absolute Gasteiger partial charge is 0.277 e. The maximum atomic E-state index is 11.2. The fraction of sp³-hybridized carbons (Fsp3) is 0.750. The van der Waals surface area contributed by atoms with Crippen LogP contribution in [-0.4, -0.2) is 32.0 Å². The zero-order chi connectivity index (χ0) is 10.1. The maximum absolute atomic E-state index is 11.2. The maximum Gasteiger partial charge on any atom is 0.277 e. The molecule has 0 heterocycles. The van der Waals surface area contributed by atoms with Gasteiger partial charge in [-0.25, -0.2) is 0 Å². The minimum atomic E-state index is -0.900. The van der Waals surface area contributed by atoms with Gasteiger partial charge in [0.1, 0.15) is 6.54 Å². The van der Waals surface area contributed by atoms with Crippen LogP contribution in [-0.2, 0) is 14.3 Å². The van der Waals surface area contributed by atoms with Gasteiger partial charge in [0.15, 0.2) is 0 Å². The van der Waals surface area contributed by atoms with E-state index in [1.807, 2.05) is 0 Å². The molecule has 74 valence electrons. The Morgan fingerprint density at radius 1 is 1.46 bits per heavy atom. The van der Waals surface area contributed by atoms with Gasteiger partial charge in [0, 0.05) is 13.2 Å². The molecule has 0 aromatic heterocycles. The molecule has 1 amide bonds. The van der Waals surface area contributed by atoms with E-state index >= 15 is 0 Å². The number of hydrogen-bond acceptors (Lipinski definition) is 4. The van der Waals surface area contributed by atoms with Gasteiger partial charge in [-0.15, -0.1) is 0 Å². The molecule has 13 heavy (non-hydrogen) atoms. The molecule has 0 atom stereocenters. The first-order valence-corrected chi connectivity index (χ1v) is 4.14. The van der Waals surface area contributed by atoms with Crippen molar-refractivity contribution in [3.8, 4) is 6.07 Å². The summed E-state index contributed by atoms with van der Waals surface area (Å²) in [7, 11) is 0. The SMILES string of the molecule is CCOC(OCC)C(=O)NCC#N. The van der Waals surface area contributed by atoms with Gasteiger partial charge in [-0.05, 0) is 13.8 Å². The lowest BCUT2D eigenvalue weighted by Crippen LogP contribution is -2.38. The van der Waals surface area contributed by atoms with Crippen LogP contribution in [0.15, 0.2) is 0 Å². The number of nitrogens with one attached hydrogen (secondary N) is 1. The lowest BCUT2D eigenvalue weighted by atomic mass is 10.5. The van der Waals surface area contributed by atoms with Gasteiger partial charge in [0.2, 0.25) is 6.29 Å². The van der Waals surface area contributed by atoms with Gasteiger partial charge < -0.3 is 14.8 Å². The predicted octanol–water partition coefficient (Wildman–Crippen LogP) is 0.0253. The third kappa shape index (κ3) is 5.17. The largest absolute Gasteiger partial charge is 0.345 e. The predicted molar refractivity (Wildman–Crippen MR) is 45.7 cm³/mol. The lowest BCUT2D eigenvalue weighted by Gasteiger charge is -2.14. The molecule has 0 unspecified atom stereocenters. The van der Waals surface area contributed by atoms with Crippen LogP contribution in [0.5, 0.6) is 0 Å². The highest BCUT2D eigenvalue weighted by Gasteiger charge is 2.17. The molecule has 0 fully saturated rings. The van der Waals surface area contributed by atoms with Crippen molar-refractivity contribution in [1.29, 1.82) is 5.26 Å². The topological polar surface area (TPSA) is 71.3 Å². The van der Waals surface area contributed by atoms with Crippen molar-refractivity contribution < 1.29 is 14.3 Å². The Morgan fingerprint density at radius 2 is 2.00 bits per heavy atom. The van der Waals surface area contributed by atoms with Crippen molar-refractivity contribution in [3.63, 3.8) is 0 Å². The Balaban J connectivity index is 3.88. The van der Waals surface area contributed by atoms with E-state index in [0.29, 0.717) is 13.2 Å². The van der Waals surface area contributed by atoms with Crippen molar-refractivity contribution >= 4 is 5.91 Å². The highest BCUT2D eigenvalue weighted by Crippen LogP contribution is 1.94. The average Bonchev–Trinajstić information content (AvgIpc) is 2.14. The summed E-state index contributed by atoms with van der Waals surface area (Å²) in [5.74, 6) is -0.412. The van der Waals surface area contributed by atoms with Gasteiger partial charge in [0.05, 0.1) is 6.07 Å². The third-order valence-corrected chi connectivity index (χ3v) is 1.19. The number of amides is 1. The zero-order valence-electron chi connectivity index (χ0n) is 7.87. The summed E-state index contributed by atoms with van der Waals surface area (Å²) < 4.78 is 10.00. The molecule has 5 nitrogen and oxygen atoms in total. The second kappa shape index (κ2) is 7.53. The van der Waals surface area contributed by atoms with Crippen LogP contribution in [0.1, 0.15) is 13.8 Å². The fourth-order valence-corrected chi connectivity index (χ4v) is 0.712. The van der Waals surface area contributed by atoms with E-state index in [-0.39, 0.29) is 6.54 Å². The standard InChI is InChI=1S/C8H14N2O3/c1-3-12-8(13-4-2)7(11)10-6-5-9/h8H,3-4,6H2,1-2H3,(H,10,11). The third-order valence-electron chi connectivity index (χ3n) is 1.19. The molecule has 0 aliphatic rings. The first kappa shape index (κ1) is 11.9. The van der Waals surface area contributed by atoms with Crippen LogP contribution < -0.4 is 5.32 Å². The Labute approximate surface area is 77.6 Å². The summed E-state index contributed by atoms with van der Waals surface area (Å²) in [5, 5.41) is 10.6. The van der Waals surface area contributed by atoms with E-state index in [0.717, 1.165) is 0 Å². The summed E-state index contributed by atoms with van der Waals surface area (Å²) >= 11 is 0. The van der Waals surface area contributed by atoms with Gasteiger partial charge in [-0.1, -0.05) is 0 Å². The van der Waals surface area contributed by atoms with Crippen molar-refractivity contribution in [1.82, 2.24) is 5.32 Å². The fourth-order valence-electron chi connectivity index (χ4n) is 0.712. The number of nitrogens with zero attached hydrogens (tertiary/aromatic N) is 1. The summed E-state index contributed by atoms with van der Waals surface area (Å²) in [6.45, 7) is 4.29. The summed E-state index contributed by atoms with van der Waals surface area (Å²) in [4.78, 5) is 11.2. The molecule has 5 heteroatoms. The minimum absolute atomic E-state index is 0.0323. The molecular weight excluding hydrogens is 172 g/mol. The Morgan fingerprint density at radius 3 is 2.38 bits per heavy atom. The first-order chi connectivity index (χ1) is 6.26. The van der Waals surface area contributed by atoms with Crippen LogP contribution in [0.4, 0.5) is 0 Å². The average molecular weight is 186 g/mol. The monoisotopic (exact) mass is 186 g/mol. The van der Waals surface area contributed by atoms with Crippen molar-refractivity contribution in [2.24, 2.45) is 0 Å². The number of ether oxygens (including phenoxy) is 2. The van der Waals surface area contributed by atoms with Crippen LogP contribution in [0.2, 0.25) is 0 Å². The van der Waals surface area contributed by atoms with E-state index in [9.17, 15) is 4.79 Å². The van der Waals surface area contributed by atoms with E-state index < -0.39 is 12.2 Å². The van der Waals surface area contributed by atoms with E-state index in [1.54, 1.807) is 19.9 Å². The Bertz CT molecular complexity index is 182. The van der Waals surface area contributed by atoms with Crippen LogP contribution in [0.3, 0.4) is 0 Å². The van der Waals surface area contributed by atoms with Crippen LogP contribution >= 0.6 is 0 Å². The zero-order valence-corrected chi connectivity index (χ0v) is 7.87. The number of carbonyl (C=O) groups excluding carboxylic acids is 1. The molecule has 0 rings (SSSR count). The summed E-state index contributed by atoms with van der Waals surface area (Å²) in [6, 6.07) is 1.79. The van der Waals surface area contributed by atoms with Gasteiger partial charge >= 0.3 is 0 Å². The molecule has 0 radical (unpaired) electrons. The van der Waals surface area contributed by atoms with Crippen molar-refractivity contribution in [3.05, 3.63) is 0 Å². The van der Waals surface area contributed by atoms with Crippen LogP contribution in [0, 0.1) is 11.3 Å². The Kier molecular flexibility index (Phi) is 6.88. The lowest BCUT2D eigenvalue weighted by molar-refractivity contribution is -0.169. The number of hydrogen-bond donors (Lipinski definition) is 1. The highest BCUT2D eigenvalue weighted by molar-refractivity contribution is 5.79. The minimum Gasteiger partial charge on any atom is -0.345 e. The van der Waals surface area contributed by atoms with Crippen molar-refractivity contribution in [2.45, 2.75) is 20.1 Å². The van der Waals surface area contributed by atoms with E-state index in [1.165, 1.54) is 0 Å². The highest BCUT2D eigenvalue weighted by atomic mass is 16.7. The van der Waals surface area contributed by atoms with Crippen LogP contribution in [0.25, 0.3) is 0 Å². The summed E-state index contributed by atoms with van der Waals surface area (Å²) in [6.07, 6.45) is -0.900. The molecule has 0 aromatic carbocycles. The Hall–Kier alpha value is -1.12. The molecule has 0 aromatic rings. The van der Waals surface area contributed by atoms with Gasteiger partial charge in [-0.2, -0.15) is 5.26 Å². The van der Waals surface area contributed by atoms with Crippen molar-refractivity contribution in [2.75, 3.05) is 19.8 Å². The molecule has 0 bridgehead atoms. The second-order valence-electron chi connectivity index (χ2n) is 2.12. The quantitative estimate of drug-likeness (QED) is 0.469. The first-order valence-electron chi connectivity index (χ1n) is 4.14. The molecule has 0 saturated carbocycles.